The van der Waals surface area contributed by atoms with Crippen molar-refractivity contribution in [3.8, 4) is 22.9 Å². The van der Waals surface area contributed by atoms with Crippen LogP contribution in [0.25, 0.3) is 32.9 Å². The van der Waals surface area contributed by atoms with Crippen LogP contribution in [-0.4, -0.2) is 114 Å². The van der Waals surface area contributed by atoms with E-state index in [4.69, 9.17) is 34.7 Å². The van der Waals surface area contributed by atoms with E-state index in [1.54, 1.807) is 27.8 Å². The fourth-order valence-electron chi connectivity index (χ4n) is 9.84. The van der Waals surface area contributed by atoms with Crippen LogP contribution in [-0.2, 0) is 42.9 Å². The normalized spacial score (nSPS) is 11.2. The average Bonchev–Trinajstić information content (AvgIpc) is 1.43. The number of carbonyl (C=O) groups excluding carboxylic acids is 3. The number of amides is 5. The Morgan fingerprint density at radius 3 is 1.34 bits per heavy atom. The van der Waals surface area contributed by atoms with Gasteiger partial charge in [0.25, 0.3) is 0 Å². The molecule has 0 aliphatic rings. The highest BCUT2D eigenvalue weighted by Crippen LogP contribution is 2.35. The van der Waals surface area contributed by atoms with Crippen LogP contribution in [0.4, 0.5) is 44.2 Å². The number of anilines is 6. The van der Waals surface area contributed by atoms with Gasteiger partial charge in [-0.1, -0.05) is 125 Å². The molecule has 0 unspecified atom stereocenters. The Balaban J connectivity index is 0.000000239. The van der Waals surface area contributed by atoms with Crippen LogP contribution in [0.15, 0.2) is 170 Å². The molecule has 99 heavy (non-hydrogen) atoms. The van der Waals surface area contributed by atoms with Crippen molar-refractivity contribution in [2.45, 2.75) is 105 Å². The van der Waals surface area contributed by atoms with Crippen molar-refractivity contribution in [2.75, 3.05) is 73.6 Å². The van der Waals surface area contributed by atoms with Crippen molar-refractivity contribution in [3.05, 3.63) is 204 Å². The maximum Gasteiger partial charge on any atom is 0.324 e. The van der Waals surface area contributed by atoms with Gasteiger partial charge in [0.15, 0.2) is 0 Å². The molecule has 0 radical (unpaired) electrons. The van der Waals surface area contributed by atoms with Crippen LogP contribution in [0.3, 0.4) is 0 Å². The largest absolute Gasteiger partial charge is 0.488 e. The predicted octanol–water partition coefficient (Wildman–Crippen LogP) is 15.8. The smallest absolute Gasteiger partial charge is 0.324 e. The molecule has 522 valence electrons. The SMILES string of the molecule is CN(C)CCCC(=O)O.Cc1ccc(-n2nc(C(C)(C)C)cc2NC(=O)Nc2ccc(OCc3ccnc(N)c3)c3ccccc23)cc1.Cc1ccc(-n2nc(C(C)(C)C)cc2NC(=O)Nc2ccc(OCc3ccnc(NC(=O)CCCN(C)C)c3)c3ccccc23)cc1.O=S(Cl)Cl. The lowest BCUT2D eigenvalue weighted by Crippen LogP contribution is -2.21. The molecule has 25 heteroatoms. The van der Waals surface area contributed by atoms with E-state index in [0.717, 1.165) is 92.5 Å². The summed E-state index contributed by atoms with van der Waals surface area (Å²) >= 11 is 0. The second-order valence-electron chi connectivity index (χ2n) is 26.0. The minimum atomic E-state index is -1.67. The number of hydrogen-bond donors (Lipinski definition) is 7. The summed E-state index contributed by atoms with van der Waals surface area (Å²) in [5.74, 6) is 2.70. The Bertz CT molecular complexity index is 4380. The maximum atomic E-state index is 13.4. The molecular weight excluding hydrogens is 1320 g/mol. The Labute approximate surface area is 590 Å². The van der Waals surface area contributed by atoms with E-state index < -0.39 is 15.2 Å². The second-order valence-corrected chi connectivity index (χ2v) is 28.5. The number of carboxylic acid groups (broad SMARTS) is 1. The number of rotatable bonds is 21. The number of halogens is 2. The molecule has 22 nitrogen and oxygen atoms in total. The maximum absolute atomic E-state index is 13.4. The summed E-state index contributed by atoms with van der Waals surface area (Å²) in [7, 11) is 15.2. The number of aliphatic carboxylic acids is 1. The molecule has 0 aliphatic carbocycles. The lowest BCUT2D eigenvalue weighted by molar-refractivity contribution is -0.137. The van der Waals surface area contributed by atoms with Gasteiger partial charge in [-0.15, -0.1) is 0 Å². The molecule has 0 spiro atoms. The summed E-state index contributed by atoms with van der Waals surface area (Å²) < 4.78 is 24.9. The summed E-state index contributed by atoms with van der Waals surface area (Å²) in [5, 5.41) is 36.2. The number of nitrogens with zero attached hydrogens (tertiary/aromatic N) is 8. The molecule has 4 aromatic heterocycles. The molecule has 10 aromatic rings. The van der Waals surface area contributed by atoms with Gasteiger partial charge in [-0.3, -0.25) is 20.2 Å². The van der Waals surface area contributed by atoms with E-state index in [-0.39, 0.29) is 41.8 Å². The van der Waals surface area contributed by atoms with E-state index in [1.165, 1.54) is 0 Å². The standard InChI is InChI=1S/C37H43N7O3.C31H32N6O2.C6H13NO2.Cl2OS/c1-25-13-15-27(16-14-25)44-34(23-32(42-44)37(2,3)4)41-36(46)39-30-17-18-31(29-11-8-7-10-28(29)30)47-24-26-19-20-38-33(22-26)40-35(45)12-9-21-43(5)6;1-20-9-11-22(12-10-20)37-29(18-27(36-37)31(2,3)4)35-30(38)34-25-13-14-26(24-8-6-5-7-23(24)25)39-19-21-15-16-33-28(32)17-21;1-7(2)5-3-4-6(8)9;1-4(2)3/h7-8,10-11,13-20,22-23H,9,12,21,24H2,1-6H3,(H,38,40,45)(H2,39,41,46);5-18H,19H2,1-4H3,(H2,32,33)(H2,34,35,38);3-5H2,1-2H3,(H,8,9);. The first-order valence-corrected chi connectivity index (χ1v) is 34.8. The zero-order valence-corrected chi connectivity index (χ0v) is 60.3. The number of benzene rings is 6. The predicted molar refractivity (Wildman–Crippen MR) is 400 cm³/mol. The number of carboxylic acids is 1. The van der Waals surface area contributed by atoms with Crippen molar-refractivity contribution in [3.63, 3.8) is 0 Å². The van der Waals surface area contributed by atoms with E-state index in [9.17, 15) is 19.2 Å². The highest BCUT2D eigenvalue weighted by Gasteiger charge is 2.24. The molecule has 0 fully saturated rings. The van der Waals surface area contributed by atoms with Gasteiger partial charge in [0.05, 0.1) is 34.1 Å². The molecule has 0 saturated carbocycles. The van der Waals surface area contributed by atoms with Crippen LogP contribution in [0, 0.1) is 13.8 Å². The average molecular weight is 1400 g/mol. The third kappa shape index (κ3) is 24.2. The molecule has 4 heterocycles. The van der Waals surface area contributed by atoms with Crippen LogP contribution in [0.5, 0.6) is 11.5 Å². The van der Waals surface area contributed by atoms with Gasteiger partial charge in [-0.05, 0) is 152 Å². The number of aryl methyl sites for hydroxylation is 2. The van der Waals surface area contributed by atoms with E-state index in [1.807, 2.05) is 199 Å². The van der Waals surface area contributed by atoms with E-state index >= 15 is 0 Å². The first-order valence-electron chi connectivity index (χ1n) is 32.0. The Morgan fingerprint density at radius 1 is 0.535 bits per heavy atom. The minimum Gasteiger partial charge on any atom is -0.488 e. The first-order chi connectivity index (χ1) is 47.0. The van der Waals surface area contributed by atoms with E-state index in [0.29, 0.717) is 59.2 Å². The fourth-order valence-corrected chi connectivity index (χ4v) is 9.84. The monoisotopic (exact) mass is 1400 g/mol. The summed E-state index contributed by atoms with van der Waals surface area (Å²) in [4.78, 5) is 61.3. The lowest BCUT2D eigenvalue weighted by Gasteiger charge is -2.15. The highest BCUT2D eigenvalue weighted by molar-refractivity contribution is 8.26. The van der Waals surface area contributed by atoms with E-state index in [2.05, 4.69) is 104 Å². The number of ether oxygens (including phenoxy) is 2. The number of carbonyl (C=O) groups is 4. The molecule has 6 aromatic carbocycles. The number of aromatic nitrogens is 6. The highest BCUT2D eigenvalue weighted by atomic mass is 36.0. The van der Waals surface area contributed by atoms with Crippen molar-refractivity contribution < 1.29 is 38.0 Å². The quantitative estimate of drug-likeness (QED) is 0.0329. The van der Waals surface area contributed by atoms with Crippen LogP contribution >= 0.6 is 21.4 Å². The van der Waals surface area contributed by atoms with Crippen LogP contribution in [0.1, 0.15) is 101 Å². The number of nitrogens with one attached hydrogen (secondary N) is 5. The van der Waals surface area contributed by atoms with Gasteiger partial charge in [0.1, 0.15) is 48.0 Å². The fraction of sp³-hybridized carbons (Fsp3) is 0.297. The van der Waals surface area contributed by atoms with Crippen LogP contribution < -0.4 is 41.8 Å². The first kappa shape index (κ1) is 76.5. The molecule has 10 rings (SSSR count). The number of nitrogens with two attached hydrogens (primary N) is 1. The number of pyridine rings is 2. The second kappa shape index (κ2) is 36.1. The third-order valence-electron chi connectivity index (χ3n) is 15.0. The number of fused-ring (bicyclic) bond motifs is 2. The summed E-state index contributed by atoms with van der Waals surface area (Å²) in [6.07, 6.45) is 5.54. The molecule has 0 bridgehead atoms. The van der Waals surface area contributed by atoms with Gasteiger partial charge in [0.2, 0.25) is 15.1 Å². The zero-order chi connectivity index (χ0) is 72.0. The zero-order valence-electron chi connectivity index (χ0n) is 57.9. The Kier molecular flexibility index (Phi) is 27.9. The molecule has 0 saturated heterocycles. The van der Waals surface area contributed by atoms with Crippen LogP contribution in [0.2, 0.25) is 0 Å². The van der Waals surface area contributed by atoms with Crippen molar-refractivity contribution >= 4 is 111 Å². The molecule has 0 aliphatic heterocycles. The van der Waals surface area contributed by atoms with Crippen molar-refractivity contribution in [1.82, 2.24) is 39.3 Å². The van der Waals surface area contributed by atoms with Crippen molar-refractivity contribution in [1.29, 1.82) is 0 Å². The topological polar surface area (TPSA) is 278 Å². The van der Waals surface area contributed by atoms with Gasteiger partial charge >= 0.3 is 18.0 Å². The summed E-state index contributed by atoms with van der Waals surface area (Å²) in [6.45, 7) is 19.0. The molecule has 0 atom stereocenters. The summed E-state index contributed by atoms with van der Waals surface area (Å²) in [6, 6.07) is 49.4. The van der Waals surface area contributed by atoms with Gasteiger partial charge in [0, 0.05) is 91.1 Å². The lowest BCUT2D eigenvalue weighted by atomic mass is 9.92. The number of hydrogen-bond acceptors (Lipinski definition) is 14. The van der Waals surface area contributed by atoms with Gasteiger partial charge in [-0.25, -0.2) is 33.1 Å². The molecule has 5 amide bonds. The van der Waals surface area contributed by atoms with Crippen molar-refractivity contribution in [2.24, 2.45) is 0 Å². The Hall–Kier alpha value is -9.91. The third-order valence-corrected chi connectivity index (χ3v) is 15.0. The van der Waals surface area contributed by atoms with Gasteiger partial charge < -0.3 is 46.1 Å². The molecule has 8 N–H and O–H groups in total. The molecular formula is C74H88Cl2N14O8S. The minimum absolute atomic E-state index is 0.0650. The van der Waals surface area contributed by atoms with Gasteiger partial charge in [-0.2, -0.15) is 10.2 Å². The number of nitrogen functional groups attached to an aromatic ring is 1. The Morgan fingerprint density at radius 2 is 0.939 bits per heavy atom. The number of urea groups is 2. The summed E-state index contributed by atoms with van der Waals surface area (Å²) in [5.41, 5.74) is 14.3.